The van der Waals surface area contributed by atoms with Crippen LogP contribution in [0, 0.1) is 26.7 Å². The summed E-state index contributed by atoms with van der Waals surface area (Å²) in [5.41, 5.74) is 8.61. The Morgan fingerprint density at radius 2 is 1.95 bits per heavy atom. The SMILES string of the molecule is Cc1c(-c2[nH]c3sc([C@@H]4CC5CC4CN5CCCS(C)(=O)=O)c(C)c3c2C(C)C)cn2ncnc2c1C. The van der Waals surface area contributed by atoms with E-state index in [4.69, 9.17) is 0 Å². The summed E-state index contributed by atoms with van der Waals surface area (Å²) in [6, 6.07) is 0.592. The Balaban J connectivity index is 1.32. The molecule has 5 heterocycles. The molecule has 198 valence electrons. The molecule has 2 aliphatic rings. The first-order chi connectivity index (χ1) is 17.5. The van der Waals surface area contributed by atoms with Crippen molar-refractivity contribution in [3.05, 3.63) is 39.7 Å². The van der Waals surface area contributed by atoms with Crippen molar-refractivity contribution in [3.63, 3.8) is 0 Å². The van der Waals surface area contributed by atoms with Gasteiger partial charge in [0.15, 0.2) is 5.65 Å². The van der Waals surface area contributed by atoms with Crippen LogP contribution in [0.3, 0.4) is 0 Å². The maximum atomic E-state index is 11.5. The first kappa shape index (κ1) is 25.1. The number of aromatic amines is 1. The molecule has 0 spiro atoms. The smallest absolute Gasteiger partial charge is 0.158 e. The van der Waals surface area contributed by atoms with Crippen LogP contribution in [0.1, 0.15) is 72.1 Å². The number of aromatic nitrogens is 4. The zero-order chi connectivity index (χ0) is 26.2. The Bertz CT molecular complexity index is 1610. The van der Waals surface area contributed by atoms with Gasteiger partial charge in [0, 0.05) is 40.9 Å². The van der Waals surface area contributed by atoms with E-state index in [2.05, 4.69) is 60.8 Å². The van der Waals surface area contributed by atoms with Gasteiger partial charge in [-0.1, -0.05) is 13.8 Å². The highest BCUT2D eigenvalue weighted by Crippen LogP contribution is 2.53. The molecule has 2 bridgehead atoms. The lowest BCUT2D eigenvalue weighted by atomic mass is 9.88. The normalized spacial score (nSPS) is 22.4. The van der Waals surface area contributed by atoms with Crippen molar-refractivity contribution in [2.45, 2.75) is 71.8 Å². The van der Waals surface area contributed by atoms with E-state index < -0.39 is 9.84 Å². The number of nitrogens with one attached hydrogen (secondary N) is 1. The maximum Gasteiger partial charge on any atom is 0.158 e. The predicted octanol–water partition coefficient (Wildman–Crippen LogP) is 5.60. The topological polar surface area (TPSA) is 83.4 Å². The van der Waals surface area contributed by atoms with Crippen molar-refractivity contribution in [1.29, 1.82) is 0 Å². The molecule has 0 amide bonds. The van der Waals surface area contributed by atoms with Crippen LogP contribution in [0.5, 0.6) is 0 Å². The molecular weight excluding hydrogens is 502 g/mol. The summed E-state index contributed by atoms with van der Waals surface area (Å²) in [6.07, 6.45) is 8.27. The van der Waals surface area contributed by atoms with Crippen LogP contribution in [0.4, 0.5) is 0 Å². The minimum absolute atomic E-state index is 0.294. The molecular formula is C28H37N5O2S2. The number of piperidine rings is 1. The van der Waals surface area contributed by atoms with Crippen LogP contribution in [0.25, 0.3) is 27.1 Å². The molecule has 0 radical (unpaired) electrons. The third-order valence-electron chi connectivity index (χ3n) is 8.89. The van der Waals surface area contributed by atoms with Gasteiger partial charge in [-0.3, -0.25) is 0 Å². The molecule has 1 N–H and O–H groups in total. The highest BCUT2D eigenvalue weighted by Gasteiger charge is 2.46. The Labute approximate surface area is 223 Å². The average Bonchev–Trinajstić information content (AvgIpc) is 3.62. The van der Waals surface area contributed by atoms with Gasteiger partial charge in [-0.15, -0.1) is 11.3 Å². The Hall–Kier alpha value is -2.23. The van der Waals surface area contributed by atoms with Gasteiger partial charge in [-0.2, -0.15) is 5.10 Å². The van der Waals surface area contributed by atoms with Crippen LogP contribution in [0.2, 0.25) is 0 Å². The molecule has 1 aliphatic carbocycles. The van der Waals surface area contributed by atoms with Crippen molar-refractivity contribution in [1.82, 2.24) is 24.5 Å². The Kier molecular flexibility index (Phi) is 6.04. The fourth-order valence-corrected chi connectivity index (χ4v) is 9.10. The number of aryl methyl sites for hydroxylation is 2. The van der Waals surface area contributed by atoms with E-state index in [-0.39, 0.29) is 0 Å². The number of fused-ring (bicyclic) bond motifs is 4. The summed E-state index contributed by atoms with van der Waals surface area (Å²) >= 11 is 1.96. The van der Waals surface area contributed by atoms with Gasteiger partial charge in [0.25, 0.3) is 0 Å². The van der Waals surface area contributed by atoms with Crippen LogP contribution in [-0.2, 0) is 9.84 Å². The van der Waals surface area contributed by atoms with E-state index in [0.29, 0.717) is 29.5 Å². The number of hydrogen-bond donors (Lipinski definition) is 1. The van der Waals surface area contributed by atoms with Gasteiger partial charge in [0.2, 0.25) is 0 Å². The first-order valence-electron chi connectivity index (χ1n) is 13.4. The van der Waals surface area contributed by atoms with Crippen molar-refractivity contribution in [2.24, 2.45) is 5.92 Å². The molecule has 37 heavy (non-hydrogen) atoms. The molecule has 2 unspecified atom stereocenters. The van der Waals surface area contributed by atoms with Crippen molar-refractivity contribution < 1.29 is 8.42 Å². The summed E-state index contributed by atoms with van der Waals surface area (Å²) in [4.78, 5) is 13.7. The maximum absolute atomic E-state index is 11.5. The predicted molar refractivity (Wildman–Crippen MR) is 152 cm³/mol. The van der Waals surface area contributed by atoms with Crippen LogP contribution in [0.15, 0.2) is 12.5 Å². The monoisotopic (exact) mass is 539 g/mol. The van der Waals surface area contributed by atoms with Gasteiger partial charge in [-0.05, 0) is 86.6 Å². The van der Waals surface area contributed by atoms with Crippen LogP contribution < -0.4 is 0 Å². The second kappa shape index (κ2) is 8.92. The van der Waals surface area contributed by atoms with Gasteiger partial charge in [-0.25, -0.2) is 17.9 Å². The van der Waals surface area contributed by atoms with Crippen molar-refractivity contribution >= 4 is 37.0 Å². The fourth-order valence-electron chi connectivity index (χ4n) is 7.02. The van der Waals surface area contributed by atoms with E-state index in [1.165, 1.54) is 62.8 Å². The molecule has 9 heteroatoms. The van der Waals surface area contributed by atoms with Crippen molar-refractivity contribution in [3.8, 4) is 11.3 Å². The molecule has 1 aliphatic heterocycles. The van der Waals surface area contributed by atoms with Crippen molar-refractivity contribution in [2.75, 3.05) is 25.1 Å². The third kappa shape index (κ3) is 4.14. The minimum atomic E-state index is -2.88. The molecule has 3 atom stereocenters. The lowest BCUT2D eigenvalue weighted by molar-refractivity contribution is 0.201. The zero-order valence-electron chi connectivity index (χ0n) is 22.6. The summed E-state index contributed by atoms with van der Waals surface area (Å²) in [6.45, 7) is 13.2. The van der Waals surface area contributed by atoms with E-state index in [1.54, 1.807) is 11.2 Å². The lowest BCUT2D eigenvalue weighted by Crippen LogP contribution is -2.36. The van der Waals surface area contributed by atoms with Gasteiger partial charge in [0.05, 0.1) is 11.4 Å². The molecule has 2 fully saturated rings. The number of sulfone groups is 1. The molecule has 4 aromatic rings. The molecule has 7 nitrogen and oxygen atoms in total. The number of thiophene rings is 1. The lowest BCUT2D eigenvalue weighted by Gasteiger charge is -2.31. The van der Waals surface area contributed by atoms with E-state index in [1.807, 2.05) is 15.9 Å². The highest BCUT2D eigenvalue weighted by atomic mass is 32.2. The number of hydrogen-bond acceptors (Lipinski definition) is 6. The molecule has 1 saturated carbocycles. The largest absolute Gasteiger partial charge is 0.346 e. The molecule has 4 aromatic heterocycles. The molecule has 6 rings (SSSR count). The first-order valence-corrected chi connectivity index (χ1v) is 16.3. The third-order valence-corrected chi connectivity index (χ3v) is 11.3. The second-order valence-electron chi connectivity index (χ2n) is 11.7. The van der Waals surface area contributed by atoms with Gasteiger partial charge >= 0.3 is 0 Å². The number of nitrogens with zero attached hydrogens (tertiary/aromatic N) is 4. The minimum Gasteiger partial charge on any atom is -0.346 e. The molecule has 0 aromatic carbocycles. The molecule has 1 saturated heterocycles. The van der Waals surface area contributed by atoms with E-state index in [0.717, 1.165) is 25.2 Å². The van der Waals surface area contributed by atoms with Crippen LogP contribution >= 0.6 is 11.3 Å². The highest BCUT2D eigenvalue weighted by molar-refractivity contribution is 7.90. The summed E-state index contributed by atoms with van der Waals surface area (Å²) in [5.74, 6) is 1.97. The number of rotatable bonds is 7. The average molecular weight is 540 g/mol. The van der Waals surface area contributed by atoms with E-state index >= 15 is 0 Å². The Morgan fingerprint density at radius 1 is 1.16 bits per heavy atom. The Morgan fingerprint density at radius 3 is 2.62 bits per heavy atom. The summed E-state index contributed by atoms with van der Waals surface area (Å²) in [7, 11) is -2.88. The number of likely N-dealkylation sites (tertiary alicyclic amines) is 1. The second-order valence-corrected chi connectivity index (χ2v) is 15.0. The standard InChI is InChI=1S/C28H37N5O2S2/c1-15(2)23-24-18(5)26(21-11-20-10-19(21)12-32(20)8-7-9-37(6,34)35)36-28(24)31-25(23)22-13-33-27(29-14-30-33)17(4)16(22)3/h13-15,19-21,31H,7-12H2,1-6H3/t19?,20?,21-/m1/s1. The summed E-state index contributed by atoms with van der Waals surface area (Å²) in [5, 5.41) is 5.84. The number of pyridine rings is 1. The van der Waals surface area contributed by atoms with Gasteiger partial charge < -0.3 is 9.88 Å². The van der Waals surface area contributed by atoms with Crippen LogP contribution in [-0.4, -0.2) is 64.0 Å². The number of H-pyrrole nitrogens is 1. The fraction of sp³-hybridized carbons (Fsp3) is 0.571. The van der Waals surface area contributed by atoms with E-state index in [9.17, 15) is 8.42 Å². The van der Waals surface area contributed by atoms with Gasteiger partial charge in [0.1, 0.15) is 21.0 Å². The zero-order valence-corrected chi connectivity index (χ0v) is 24.3. The summed E-state index contributed by atoms with van der Waals surface area (Å²) < 4.78 is 25.0. The quantitative estimate of drug-likeness (QED) is 0.331.